The van der Waals surface area contributed by atoms with Crippen molar-refractivity contribution in [2.45, 2.75) is 26.2 Å². The molecule has 72 valence electrons. The van der Waals surface area contributed by atoms with Crippen LogP contribution in [0.5, 0.6) is 0 Å². The highest BCUT2D eigenvalue weighted by Crippen LogP contribution is 2.15. The van der Waals surface area contributed by atoms with Gasteiger partial charge in [-0.1, -0.05) is 37.3 Å². The lowest BCUT2D eigenvalue weighted by atomic mass is 9.98. The molecule has 0 unspecified atom stereocenters. The minimum absolute atomic E-state index is 0.00507. The Morgan fingerprint density at radius 3 is 2.31 bits per heavy atom. The van der Waals surface area contributed by atoms with Gasteiger partial charge in [-0.2, -0.15) is 0 Å². The van der Waals surface area contributed by atoms with Gasteiger partial charge in [0.15, 0.2) is 0 Å². The third kappa shape index (κ3) is 4.02. The highest BCUT2D eigenvalue weighted by Gasteiger charge is 2.10. The lowest BCUT2D eigenvalue weighted by molar-refractivity contribution is 0.118. The number of alkyl halides is 2. The number of halogens is 2. The second-order valence-electron chi connectivity index (χ2n) is 3.42. The Hall–Kier alpha value is -0.920. The summed E-state index contributed by atoms with van der Waals surface area (Å²) in [6, 6.07) is 9.75. The van der Waals surface area contributed by atoms with Crippen molar-refractivity contribution < 1.29 is 8.78 Å². The van der Waals surface area contributed by atoms with Gasteiger partial charge in [0.25, 0.3) is 0 Å². The number of hydrogen-bond acceptors (Lipinski definition) is 0. The summed E-state index contributed by atoms with van der Waals surface area (Å²) in [4.78, 5) is 0. The normalized spacial score (nSPS) is 13.2. The van der Waals surface area contributed by atoms with Gasteiger partial charge in [0.2, 0.25) is 6.43 Å². The second-order valence-corrected chi connectivity index (χ2v) is 3.42. The quantitative estimate of drug-likeness (QED) is 0.671. The van der Waals surface area contributed by atoms with E-state index in [-0.39, 0.29) is 12.3 Å². The Bertz CT molecular complexity index is 231. The van der Waals surface area contributed by atoms with Crippen molar-refractivity contribution in [3.8, 4) is 0 Å². The zero-order valence-electron chi connectivity index (χ0n) is 7.71. The maximum Gasteiger partial charge on any atom is 0.238 e. The van der Waals surface area contributed by atoms with E-state index in [9.17, 15) is 8.78 Å². The van der Waals surface area contributed by atoms with Gasteiger partial charge in [-0.25, -0.2) is 8.78 Å². The van der Waals surface area contributed by atoms with Crippen LogP contribution in [0.25, 0.3) is 0 Å². The van der Waals surface area contributed by atoms with E-state index in [1.165, 1.54) is 0 Å². The second kappa shape index (κ2) is 4.95. The van der Waals surface area contributed by atoms with Gasteiger partial charge in [0, 0.05) is 6.42 Å². The van der Waals surface area contributed by atoms with E-state index in [1.807, 2.05) is 37.3 Å². The van der Waals surface area contributed by atoms with E-state index in [4.69, 9.17) is 0 Å². The van der Waals surface area contributed by atoms with Crippen LogP contribution in [-0.2, 0) is 6.42 Å². The van der Waals surface area contributed by atoms with Crippen molar-refractivity contribution in [1.29, 1.82) is 0 Å². The Balaban J connectivity index is 2.41. The van der Waals surface area contributed by atoms with Crippen LogP contribution in [0.2, 0.25) is 0 Å². The number of benzene rings is 1. The van der Waals surface area contributed by atoms with Gasteiger partial charge in [-0.3, -0.25) is 0 Å². The molecule has 1 rings (SSSR count). The average Bonchev–Trinajstić information content (AvgIpc) is 2.04. The molecule has 1 aromatic rings. The van der Waals surface area contributed by atoms with Crippen LogP contribution in [0.4, 0.5) is 8.78 Å². The van der Waals surface area contributed by atoms with E-state index in [2.05, 4.69) is 0 Å². The van der Waals surface area contributed by atoms with Gasteiger partial charge in [0.05, 0.1) is 0 Å². The molecule has 0 fully saturated rings. The van der Waals surface area contributed by atoms with Crippen molar-refractivity contribution in [3.05, 3.63) is 35.9 Å². The summed E-state index contributed by atoms with van der Waals surface area (Å²) in [5.74, 6) is 0.0578. The number of rotatable bonds is 4. The fourth-order valence-electron chi connectivity index (χ4n) is 1.40. The molecular weight excluding hydrogens is 170 g/mol. The lowest BCUT2D eigenvalue weighted by Crippen LogP contribution is -2.05. The Kier molecular flexibility index (Phi) is 3.87. The van der Waals surface area contributed by atoms with Crippen LogP contribution in [0, 0.1) is 5.92 Å². The molecule has 1 atom stereocenters. The van der Waals surface area contributed by atoms with Crippen molar-refractivity contribution in [2.24, 2.45) is 5.92 Å². The van der Waals surface area contributed by atoms with Crippen molar-refractivity contribution in [3.63, 3.8) is 0 Å². The SMILES string of the molecule is C[C@@H](Cc1ccccc1)CC(F)F. The van der Waals surface area contributed by atoms with E-state index < -0.39 is 6.43 Å². The Morgan fingerprint density at radius 1 is 1.15 bits per heavy atom. The molecule has 0 nitrogen and oxygen atoms in total. The molecule has 0 spiro atoms. The summed E-state index contributed by atoms with van der Waals surface area (Å²) in [6.45, 7) is 1.86. The summed E-state index contributed by atoms with van der Waals surface area (Å²) in [5, 5.41) is 0. The fourth-order valence-corrected chi connectivity index (χ4v) is 1.40. The molecule has 0 N–H and O–H groups in total. The maximum atomic E-state index is 12.0. The van der Waals surface area contributed by atoms with Gasteiger partial charge < -0.3 is 0 Å². The molecular formula is C11H14F2. The van der Waals surface area contributed by atoms with Crippen molar-refractivity contribution in [2.75, 3.05) is 0 Å². The highest BCUT2D eigenvalue weighted by molar-refractivity contribution is 5.14. The third-order valence-corrected chi connectivity index (χ3v) is 2.01. The summed E-state index contributed by atoms with van der Waals surface area (Å²) in [6.07, 6.45) is -1.45. The average molecular weight is 184 g/mol. The van der Waals surface area contributed by atoms with Gasteiger partial charge in [-0.05, 0) is 17.9 Å². The highest BCUT2D eigenvalue weighted by atomic mass is 19.3. The lowest BCUT2D eigenvalue weighted by Gasteiger charge is -2.09. The Morgan fingerprint density at radius 2 is 1.77 bits per heavy atom. The molecule has 0 bridgehead atoms. The standard InChI is InChI=1S/C11H14F2/c1-9(8-11(12)13)7-10-5-3-2-4-6-10/h2-6,9,11H,7-8H2,1H3/t9-/m0/s1. The monoisotopic (exact) mass is 184 g/mol. The Labute approximate surface area is 77.6 Å². The predicted molar refractivity (Wildman–Crippen MR) is 49.9 cm³/mol. The summed E-state index contributed by atoms with van der Waals surface area (Å²) in [5.41, 5.74) is 1.13. The minimum Gasteiger partial charge on any atom is -0.211 e. The first-order valence-electron chi connectivity index (χ1n) is 4.50. The summed E-state index contributed by atoms with van der Waals surface area (Å²) >= 11 is 0. The van der Waals surface area contributed by atoms with Crippen LogP contribution in [0.3, 0.4) is 0 Å². The molecule has 0 aromatic heterocycles. The zero-order chi connectivity index (χ0) is 9.68. The maximum absolute atomic E-state index is 12.0. The van der Waals surface area contributed by atoms with Gasteiger partial charge in [0.1, 0.15) is 0 Å². The fraction of sp³-hybridized carbons (Fsp3) is 0.455. The molecule has 0 aliphatic heterocycles. The summed E-state index contributed by atoms with van der Waals surface area (Å²) < 4.78 is 24.0. The van der Waals surface area contributed by atoms with E-state index in [0.717, 1.165) is 12.0 Å². The smallest absolute Gasteiger partial charge is 0.211 e. The number of hydrogen-bond donors (Lipinski definition) is 0. The van der Waals surface area contributed by atoms with Crippen LogP contribution < -0.4 is 0 Å². The van der Waals surface area contributed by atoms with Crippen LogP contribution in [0.1, 0.15) is 18.9 Å². The molecule has 0 heterocycles. The van der Waals surface area contributed by atoms with E-state index >= 15 is 0 Å². The molecule has 0 amide bonds. The van der Waals surface area contributed by atoms with Crippen molar-refractivity contribution >= 4 is 0 Å². The molecule has 0 aliphatic rings. The van der Waals surface area contributed by atoms with E-state index in [1.54, 1.807) is 0 Å². The van der Waals surface area contributed by atoms with E-state index in [0.29, 0.717) is 0 Å². The first kappa shape index (κ1) is 10.2. The van der Waals surface area contributed by atoms with Crippen LogP contribution in [-0.4, -0.2) is 6.43 Å². The predicted octanol–water partition coefficient (Wildman–Crippen LogP) is 3.52. The molecule has 0 radical (unpaired) electrons. The molecule has 2 heteroatoms. The zero-order valence-corrected chi connectivity index (χ0v) is 7.71. The molecule has 0 aliphatic carbocycles. The van der Waals surface area contributed by atoms with Crippen LogP contribution >= 0.6 is 0 Å². The first-order chi connectivity index (χ1) is 6.18. The first-order valence-corrected chi connectivity index (χ1v) is 4.50. The molecule has 0 saturated carbocycles. The minimum atomic E-state index is -2.18. The van der Waals surface area contributed by atoms with Gasteiger partial charge >= 0.3 is 0 Å². The summed E-state index contributed by atoms with van der Waals surface area (Å²) in [7, 11) is 0. The largest absolute Gasteiger partial charge is 0.238 e. The topological polar surface area (TPSA) is 0 Å². The van der Waals surface area contributed by atoms with Gasteiger partial charge in [-0.15, -0.1) is 0 Å². The third-order valence-electron chi connectivity index (χ3n) is 2.01. The molecule has 13 heavy (non-hydrogen) atoms. The van der Waals surface area contributed by atoms with Crippen LogP contribution in [0.15, 0.2) is 30.3 Å². The molecule has 0 saturated heterocycles. The van der Waals surface area contributed by atoms with Crippen molar-refractivity contribution in [1.82, 2.24) is 0 Å². The molecule has 1 aromatic carbocycles.